The summed E-state index contributed by atoms with van der Waals surface area (Å²) in [4.78, 5) is 10.6. The maximum absolute atomic E-state index is 5.36. The normalized spacial score (nSPS) is 11.9. The van der Waals surface area contributed by atoms with Crippen LogP contribution >= 0.6 is 11.3 Å². The molecule has 7 aromatic carbocycles. The monoisotopic (exact) mass is 603 g/mol. The molecule has 0 unspecified atom stereocenters. The van der Waals surface area contributed by atoms with Crippen LogP contribution in [-0.2, 0) is 0 Å². The highest BCUT2D eigenvalue weighted by atomic mass is 32.1. The van der Waals surface area contributed by atoms with Crippen molar-refractivity contribution < 1.29 is 0 Å². The van der Waals surface area contributed by atoms with E-state index in [0.717, 1.165) is 33.2 Å². The van der Waals surface area contributed by atoms with E-state index in [-0.39, 0.29) is 0 Å². The van der Waals surface area contributed by atoms with Crippen molar-refractivity contribution in [2.45, 2.75) is 0 Å². The molecule has 4 heteroatoms. The number of para-hydroxylation sites is 2. The van der Waals surface area contributed by atoms with Crippen molar-refractivity contribution in [1.29, 1.82) is 0 Å². The Hall–Kier alpha value is -5.84. The van der Waals surface area contributed by atoms with Crippen LogP contribution in [0.25, 0.3) is 92.0 Å². The topological polar surface area (TPSA) is 30.7 Å². The first-order chi connectivity index (χ1) is 22.8. The maximum Gasteiger partial charge on any atom is 0.235 e. The Labute approximate surface area is 268 Å². The first-order valence-electron chi connectivity index (χ1n) is 15.5. The van der Waals surface area contributed by atoms with Crippen molar-refractivity contribution in [3.8, 4) is 28.3 Å². The molecule has 0 aliphatic heterocycles. The number of hydrogen-bond donors (Lipinski definition) is 0. The summed E-state index contributed by atoms with van der Waals surface area (Å²) in [5.74, 6) is 0.683. The third-order valence-electron chi connectivity index (χ3n) is 9.19. The number of thiophene rings is 1. The van der Waals surface area contributed by atoms with Gasteiger partial charge in [-0.25, -0.2) is 9.97 Å². The van der Waals surface area contributed by atoms with Gasteiger partial charge in [-0.1, -0.05) is 127 Å². The molecule has 0 aliphatic carbocycles. The van der Waals surface area contributed by atoms with E-state index in [4.69, 9.17) is 9.97 Å². The molecule has 0 amide bonds. The molecule has 10 aromatic rings. The third kappa shape index (κ3) is 3.65. The van der Waals surface area contributed by atoms with Crippen molar-refractivity contribution in [1.82, 2.24) is 14.5 Å². The van der Waals surface area contributed by atoms with Crippen LogP contribution in [0.3, 0.4) is 0 Å². The molecule has 0 saturated heterocycles. The average molecular weight is 604 g/mol. The van der Waals surface area contributed by atoms with E-state index in [9.17, 15) is 0 Å². The number of fused-ring (bicyclic) bond motifs is 11. The van der Waals surface area contributed by atoms with Crippen LogP contribution < -0.4 is 0 Å². The number of rotatable bonds is 3. The zero-order chi connectivity index (χ0) is 30.2. The van der Waals surface area contributed by atoms with E-state index in [1.807, 2.05) is 17.4 Å². The lowest BCUT2D eigenvalue weighted by molar-refractivity contribution is 1.02. The standard InChI is InChI=1S/C42H25N3S/c1-3-13-26(14-4-1)28-23-24-36-33(25-28)38-30-18-8-7-17-29(30)37-32-20-10-12-22-35(32)45(40(37)41(38)46-36)42-43-34-21-11-9-19-31(34)39(44-42)27-15-5-2-6-16-27/h1-25H. The molecule has 0 fully saturated rings. The smallest absolute Gasteiger partial charge is 0.235 e. The van der Waals surface area contributed by atoms with Crippen LogP contribution in [0.1, 0.15) is 0 Å². The van der Waals surface area contributed by atoms with E-state index in [2.05, 4.69) is 150 Å². The second kappa shape index (κ2) is 9.83. The van der Waals surface area contributed by atoms with Gasteiger partial charge < -0.3 is 0 Å². The molecule has 0 radical (unpaired) electrons. The van der Waals surface area contributed by atoms with E-state index in [1.165, 1.54) is 52.8 Å². The van der Waals surface area contributed by atoms with E-state index in [1.54, 1.807) is 0 Å². The van der Waals surface area contributed by atoms with Gasteiger partial charge in [0.25, 0.3) is 0 Å². The van der Waals surface area contributed by atoms with Crippen LogP contribution in [-0.4, -0.2) is 14.5 Å². The summed E-state index contributed by atoms with van der Waals surface area (Å²) >= 11 is 1.86. The fraction of sp³-hybridized carbons (Fsp3) is 0. The summed E-state index contributed by atoms with van der Waals surface area (Å²) in [7, 11) is 0. The van der Waals surface area contributed by atoms with Gasteiger partial charge in [-0.05, 0) is 46.2 Å². The van der Waals surface area contributed by atoms with Gasteiger partial charge in [0.1, 0.15) is 0 Å². The Balaban J connectivity index is 1.40. The van der Waals surface area contributed by atoms with Gasteiger partial charge in [-0.2, -0.15) is 0 Å². The quantitative estimate of drug-likeness (QED) is 0.201. The molecule has 214 valence electrons. The molecule has 0 spiro atoms. The Morgan fingerprint density at radius 2 is 1.09 bits per heavy atom. The minimum absolute atomic E-state index is 0.683. The molecule has 3 heterocycles. The molecular formula is C42H25N3S. The predicted molar refractivity (Wildman–Crippen MR) is 195 cm³/mol. The molecule has 0 aliphatic rings. The SMILES string of the molecule is c1ccc(-c2ccc3sc4c(c3c2)c2ccccc2c2c3ccccc3n(-c3nc(-c5ccccc5)c5ccccc5n3)c42)cc1. The molecule has 3 nitrogen and oxygen atoms in total. The molecular weight excluding hydrogens is 579 g/mol. The maximum atomic E-state index is 5.36. The lowest BCUT2D eigenvalue weighted by atomic mass is 9.97. The fourth-order valence-electron chi connectivity index (χ4n) is 7.18. The Kier molecular flexibility index (Phi) is 5.45. The van der Waals surface area contributed by atoms with Crippen LogP contribution in [0.4, 0.5) is 0 Å². The molecule has 0 bridgehead atoms. The zero-order valence-electron chi connectivity index (χ0n) is 24.7. The Morgan fingerprint density at radius 3 is 1.87 bits per heavy atom. The largest absolute Gasteiger partial charge is 0.276 e. The predicted octanol–water partition coefficient (Wildman–Crippen LogP) is 11.6. The second-order valence-corrected chi connectivity index (χ2v) is 12.8. The van der Waals surface area contributed by atoms with Crippen molar-refractivity contribution in [3.05, 3.63) is 152 Å². The number of aromatic nitrogens is 3. The van der Waals surface area contributed by atoms with Gasteiger partial charge in [-0.3, -0.25) is 4.57 Å². The molecule has 0 atom stereocenters. The number of benzene rings is 7. The van der Waals surface area contributed by atoms with Crippen molar-refractivity contribution in [3.63, 3.8) is 0 Å². The minimum atomic E-state index is 0.683. The molecule has 3 aromatic heterocycles. The van der Waals surface area contributed by atoms with E-state index >= 15 is 0 Å². The lowest BCUT2D eigenvalue weighted by Gasteiger charge is -2.12. The van der Waals surface area contributed by atoms with Gasteiger partial charge in [0.2, 0.25) is 5.95 Å². The van der Waals surface area contributed by atoms with Crippen LogP contribution in [0.2, 0.25) is 0 Å². The Bertz CT molecular complexity index is 2790. The van der Waals surface area contributed by atoms with Gasteiger partial charge >= 0.3 is 0 Å². The van der Waals surface area contributed by atoms with Crippen molar-refractivity contribution in [2.24, 2.45) is 0 Å². The molecule has 0 saturated carbocycles. The summed E-state index contributed by atoms with van der Waals surface area (Å²) in [6, 6.07) is 53.9. The fourth-order valence-corrected chi connectivity index (χ4v) is 8.42. The van der Waals surface area contributed by atoms with Crippen molar-refractivity contribution in [2.75, 3.05) is 0 Å². The van der Waals surface area contributed by atoms with E-state index < -0.39 is 0 Å². The van der Waals surface area contributed by atoms with Gasteiger partial charge in [0.05, 0.1) is 26.9 Å². The van der Waals surface area contributed by atoms with Gasteiger partial charge in [-0.15, -0.1) is 11.3 Å². The molecule has 0 N–H and O–H groups in total. The first-order valence-corrected chi connectivity index (χ1v) is 16.3. The zero-order valence-corrected chi connectivity index (χ0v) is 25.5. The summed E-state index contributed by atoms with van der Waals surface area (Å²) in [6.07, 6.45) is 0. The first kappa shape index (κ1) is 25.5. The summed E-state index contributed by atoms with van der Waals surface area (Å²) in [5, 5.41) is 8.57. The average Bonchev–Trinajstić information content (AvgIpc) is 3.68. The third-order valence-corrected chi connectivity index (χ3v) is 10.4. The van der Waals surface area contributed by atoms with Crippen LogP contribution in [0, 0.1) is 0 Å². The minimum Gasteiger partial charge on any atom is -0.276 e. The highest BCUT2D eigenvalue weighted by molar-refractivity contribution is 7.27. The summed E-state index contributed by atoms with van der Waals surface area (Å²) in [6.45, 7) is 0. The molecule has 46 heavy (non-hydrogen) atoms. The van der Waals surface area contributed by atoms with Gasteiger partial charge in [0, 0.05) is 37.2 Å². The molecule has 10 rings (SSSR count). The highest BCUT2D eigenvalue weighted by Crippen LogP contribution is 2.48. The number of hydrogen-bond acceptors (Lipinski definition) is 3. The van der Waals surface area contributed by atoms with Crippen LogP contribution in [0.15, 0.2) is 152 Å². The van der Waals surface area contributed by atoms with Crippen molar-refractivity contribution >= 4 is 75.0 Å². The lowest BCUT2D eigenvalue weighted by Crippen LogP contribution is -2.03. The highest BCUT2D eigenvalue weighted by Gasteiger charge is 2.23. The number of nitrogens with zero attached hydrogens (tertiary/aromatic N) is 3. The Morgan fingerprint density at radius 1 is 0.457 bits per heavy atom. The summed E-state index contributed by atoms with van der Waals surface area (Å²) < 4.78 is 4.84. The second-order valence-electron chi connectivity index (χ2n) is 11.8. The summed E-state index contributed by atoms with van der Waals surface area (Å²) in [5.41, 5.74) is 7.66. The van der Waals surface area contributed by atoms with Crippen LogP contribution in [0.5, 0.6) is 0 Å². The van der Waals surface area contributed by atoms with Gasteiger partial charge in [0.15, 0.2) is 0 Å². The van der Waals surface area contributed by atoms with E-state index in [0.29, 0.717) is 5.95 Å².